The van der Waals surface area contributed by atoms with Gasteiger partial charge in [0, 0.05) is 11.3 Å². The van der Waals surface area contributed by atoms with Gasteiger partial charge in [0.1, 0.15) is 0 Å². The number of hydrogen-bond acceptors (Lipinski definition) is 1. The highest BCUT2D eigenvalue weighted by molar-refractivity contribution is 5.59. The van der Waals surface area contributed by atoms with Crippen LogP contribution in [0.15, 0.2) is 42.5 Å². The van der Waals surface area contributed by atoms with Crippen molar-refractivity contribution in [1.82, 2.24) is 4.98 Å². The van der Waals surface area contributed by atoms with Crippen LogP contribution in [0.25, 0.3) is 11.3 Å². The van der Waals surface area contributed by atoms with E-state index in [-0.39, 0.29) is 0 Å². The Kier molecular flexibility index (Phi) is 3.35. The molecule has 0 bridgehead atoms. The van der Waals surface area contributed by atoms with Gasteiger partial charge in [0.05, 0.1) is 5.69 Å². The van der Waals surface area contributed by atoms with Crippen molar-refractivity contribution < 1.29 is 0 Å². The van der Waals surface area contributed by atoms with Gasteiger partial charge >= 0.3 is 0 Å². The number of rotatable bonds is 3. The van der Waals surface area contributed by atoms with Crippen LogP contribution in [-0.4, -0.2) is 4.98 Å². The van der Waals surface area contributed by atoms with Gasteiger partial charge in [-0.05, 0) is 24.5 Å². The van der Waals surface area contributed by atoms with Crippen LogP contribution in [0.4, 0.5) is 0 Å². The number of aryl methyl sites for hydroxylation is 2. The standard InChI is InChI=1S/C15H17N/c1-3-12-10-11-15(16-14(12)4-2)13-8-6-5-7-9-13/h5-11H,3-4H2,1-2H3. The minimum atomic E-state index is 1.00. The van der Waals surface area contributed by atoms with Crippen molar-refractivity contribution in [3.63, 3.8) is 0 Å². The van der Waals surface area contributed by atoms with Gasteiger partial charge in [0.25, 0.3) is 0 Å². The van der Waals surface area contributed by atoms with Crippen LogP contribution in [0, 0.1) is 0 Å². The average Bonchev–Trinajstić information content (AvgIpc) is 2.39. The predicted molar refractivity (Wildman–Crippen MR) is 68.4 cm³/mol. The van der Waals surface area contributed by atoms with Crippen LogP contribution in [0.3, 0.4) is 0 Å². The molecule has 2 aromatic rings. The smallest absolute Gasteiger partial charge is 0.0705 e. The minimum absolute atomic E-state index is 1.00. The Labute approximate surface area is 97.2 Å². The second kappa shape index (κ2) is 4.93. The summed E-state index contributed by atoms with van der Waals surface area (Å²) >= 11 is 0. The molecule has 0 radical (unpaired) electrons. The highest BCUT2D eigenvalue weighted by Gasteiger charge is 2.03. The molecule has 0 N–H and O–H groups in total. The van der Waals surface area contributed by atoms with Crippen LogP contribution in [-0.2, 0) is 12.8 Å². The molecule has 1 heterocycles. The molecule has 0 aliphatic carbocycles. The Bertz CT molecular complexity index is 460. The minimum Gasteiger partial charge on any atom is -0.253 e. The Morgan fingerprint density at radius 2 is 1.62 bits per heavy atom. The summed E-state index contributed by atoms with van der Waals surface area (Å²) in [5, 5.41) is 0. The van der Waals surface area contributed by atoms with E-state index < -0.39 is 0 Å². The van der Waals surface area contributed by atoms with Gasteiger partial charge in [0.2, 0.25) is 0 Å². The van der Waals surface area contributed by atoms with E-state index >= 15 is 0 Å². The summed E-state index contributed by atoms with van der Waals surface area (Å²) in [6.45, 7) is 4.34. The number of hydrogen-bond donors (Lipinski definition) is 0. The van der Waals surface area contributed by atoms with Gasteiger partial charge in [-0.15, -0.1) is 0 Å². The van der Waals surface area contributed by atoms with Gasteiger partial charge < -0.3 is 0 Å². The fourth-order valence-corrected chi connectivity index (χ4v) is 1.93. The molecule has 0 atom stereocenters. The lowest BCUT2D eigenvalue weighted by Gasteiger charge is -2.07. The zero-order valence-corrected chi connectivity index (χ0v) is 9.90. The molecule has 1 aromatic carbocycles. The van der Waals surface area contributed by atoms with E-state index in [4.69, 9.17) is 4.98 Å². The maximum absolute atomic E-state index is 4.73. The molecule has 2 rings (SSSR count). The largest absolute Gasteiger partial charge is 0.253 e. The van der Waals surface area contributed by atoms with E-state index in [2.05, 4.69) is 50.2 Å². The fraction of sp³-hybridized carbons (Fsp3) is 0.267. The third kappa shape index (κ3) is 2.13. The topological polar surface area (TPSA) is 12.9 Å². The second-order valence-corrected chi connectivity index (χ2v) is 3.88. The first-order valence-electron chi connectivity index (χ1n) is 5.89. The fourth-order valence-electron chi connectivity index (χ4n) is 1.93. The van der Waals surface area contributed by atoms with Crippen LogP contribution in [0.2, 0.25) is 0 Å². The number of benzene rings is 1. The molecule has 0 amide bonds. The van der Waals surface area contributed by atoms with Crippen LogP contribution < -0.4 is 0 Å². The van der Waals surface area contributed by atoms with Crippen LogP contribution in [0.5, 0.6) is 0 Å². The molecule has 0 aliphatic rings. The molecular weight excluding hydrogens is 194 g/mol. The van der Waals surface area contributed by atoms with Gasteiger partial charge in [-0.3, -0.25) is 4.98 Å². The lowest BCUT2D eigenvalue weighted by atomic mass is 10.1. The molecule has 0 spiro atoms. The Morgan fingerprint density at radius 1 is 0.875 bits per heavy atom. The summed E-state index contributed by atoms with van der Waals surface area (Å²) in [4.78, 5) is 4.73. The van der Waals surface area contributed by atoms with Crippen molar-refractivity contribution in [3.05, 3.63) is 53.7 Å². The second-order valence-electron chi connectivity index (χ2n) is 3.88. The van der Waals surface area contributed by atoms with E-state index in [1.54, 1.807) is 0 Å². The first kappa shape index (κ1) is 10.9. The summed E-state index contributed by atoms with van der Waals surface area (Å²) < 4.78 is 0. The number of aromatic nitrogens is 1. The first-order chi connectivity index (χ1) is 7.85. The SMILES string of the molecule is CCc1ccc(-c2ccccc2)nc1CC. The molecule has 0 unspecified atom stereocenters. The zero-order chi connectivity index (χ0) is 11.4. The third-order valence-electron chi connectivity index (χ3n) is 2.85. The van der Waals surface area contributed by atoms with Crippen molar-refractivity contribution in [2.45, 2.75) is 26.7 Å². The Morgan fingerprint density at radius 3 is 2.25 bits per heavy atom. The molecular formula is C15H17N. The molecule has 1 aromatic heterocycles. The molecule has 0 saturated heterocycles. The van der Waals surface area contributed by atoms with E-state index in [0.717, 1.165) is 18.5 Å². The number of pyridine rings is 1. The summed E-state index contributed by atoms with van der Waals surface area (Å²) in [6, 6.07) is 14.7. The van der Waals surface area contributed by atoms with Gasteiger partial charge in [-0.25, -0.2) is 0 Å². The maximum Gasteiger partial charge on any atom is 0.0705 e. The number of nitrogens with zero attached hydrogens (tertiary/aromatic N) is 1. The van der Waals surface area contributed by atoms with Gasteiger partial charge in [0.15, 0.2) is 0 Å². The van der Waals surface area contributed by atoms with Gasteiger partial charge in [-0.2, -0.15) is 0 Å². The molecule has 1 heteroatoms. The van der Waals surface area contributed by atoms with Gasteiger partial charge in [-0.1, -0.05) is 50.2 Å². The molecule has 1 nitrogen and oxygen atoms in total. The highest BCUT2D eigenvalue weighted by Crippen LogP contribution is 2.19. The summed E-state index contributed by atoms with van der Waals surface area (Å²) in [7, 11) is 0. The van der Waals surface area contributed by atoms with Crippen molar-refractivity contribution in [2.24, 2.45) is 0 Å². The predicted octanol–water partition coefficient (Wildman–Crippen LogP) is 3.87. The molecule has 0 fully saturated rings. The summed E-state index contributed by atoms with van der Waals surface area (Å²) in [5.41, 5.74) is 4.86. The van der Waals surface area contributed by atoms with Crippen molar-refractivity contribution in [3.8, 4) is 11.3 Å². The first-order valence-corrected chi connectivity index (χ1v) is 5.89. The summed E-state index contributed by atoms with van der Waals surface area (Å²) in [6.07, 6.45) is 2.06. The lowest BCUT2D eigenvalue weighted by molar-refractivity contribution is 0.967. The van der Waals surface area contributed by atoms with E-state index in [1.807, 2.05) is 6.07 Å². The maximum atomic E-state index is 4.73. The van der Waals surface area contributed by atoms with E-state index in [9.17, 15) is 0 Å². The lowest BCUT2D eigenvalue weighted by Crippen LogP contribution is -1.96. The normalized spacial score (nSPS) is 10.4. The van der Waals surface area contributed by atoms with E-state index in [0.29, 0.717) is 0 Å². The van der Waals surface area contributed by atoms with Crippen molar-refractivity contribution >= 4 is 0 Å². The molecule has 16 heavy (non-hydrogen) atoms. The molecule has 0 saturated carbocycles. The molecule has 82 valence electrons. The summed E-state index contributed by atoms with van der Waals surface area (Å²) in [5.74, 6) is 0. The Hall–Kier alpha value is -1.63. The van der Waals surface area contributed by atoms with Crippen LogP contribution >= 0.6 is 0 Å². The third-order valence-corrected chi connectivity index (χ3v) is 2.85. The highest BCUT2D eigenvalue weighted by atomic mass is 14.7. The van der Waals surface area contributed by atoms with Crippen molar-refractivity contribution in [1.29, 1.82) is 0 Å². The van der Waals surface area contributed by atoms with E-state index in [1.165, 1.54) is 16.8 Å². The van der Waals surface area contributed by atoms with Crippen molar-refractivity contribution in [2.75, 3.05) is 0 Å². The van der Waals surface area contributed by atoms with Crippen LogP contribution in [0.1, 0.15) is 25.1 Å². The Balaban J connectivity index is 2.44. The zero-order valence-electron chi connectivity index (χ0n) is 9.90. The monoisotopic (exact) mass is 211 g/mol. The quantitative estimate of drug-likeness (QED) is 0.751. The average molecular weight is 211 g/mol. The molecule has 0 aliphatic heterocycles.